The first-order valence-corrected chi connectivity index (χ1v) is 46.4. The average molecular weight is 1830 g/mol. The number of rotatable bonds is 21. The van der Waals surface area contributed by atoms with Gasteiger partial charge in [0.05, 0.1) is 37.5 Å². The van der Waals surface area contributed by atoms with E-state index in [9.17, 15) is 52.7 Å². The molecule has 5 unspecified atom stereocenters. The maximum absolute atomic E-state index is 13.6. The molecule has 4 aliphatic carbocycles. The number of ether oxygens (including phenoxy) is 5. The van der Waals surface area contributed by atoms with Crippen LogP contribution < -0.4 is 15.1 Å². The molecule has 0 bridgehead atoms. The molecule has 7 aliphatic rings. The lowest BCUT2D eigenvalue weighted by Gasteiger charge is -2.38. The molecular formula is C111H115N9O16. The number of nitrogens with zero attached hydrogens (tertiary/aromatic N) is 8. The summed E-state index contributed by atoms with van der Waals surface area (Å²) < 4.78 is 28.4. The van der Waals surface area contributed by atoms with Gasteiger partial charge in [0.15, 0.2) is 46.3 Å². The Morgan fingerprint density at radius 1 is 0.441 bits per heavy atom. The molecule has 1 aromatic heterocycles. The van der Waals surface area contributed by atoms with E-state index in [-0.39, 0.29) is 52.3 Å². The topological polar surface area (TPSA) is 292 Å². The van der Waals surface area contributed by atoms with E-state index in [2.05, 4.69) is 116 Å². The number of fused-ring (bicyclic) bond motifs is 6. The molecule has 18 rings (SSSR count). The number of hydrogen-bond donors (Lipinski definition) is 1. The standard InChI is InChI=1S/C24H32N2O2.C23H30N2O2.C23H23NO4.C21H16N2O4.C20H14N2O4/c1-5-24(25(3)4,18-20-8-6-19(2)7-9-20)23(27)21-10-12-22(13-11-21)26-14-16-28-17-15-26;1-4-23(24(2)3,18-19-8-6-5-7-9-19)22(26)20-10-12-21(13-11-20)25-14-16-27-17-15-25;1-14(28-23(27)24-16-7-3-2-4-8-16)15-11-12-19-20(13-15)22(26)18-10-6-5-9-17(18)21(19)25;1-13(27-21(26)23-10-4-9-22-12-23)14-7-8-17-18(11-14)20(25)16-6-3-2-5-15(16)19(17)24;1-12(26-20(25)22-9-8-21-11-22)13-6-7-16-17(10-13)19(24)15-5-3-2-4-14(15)18(16)23/h6-13H,5,14-18H2,1-4H3;5-13H,4,14-18H2,1-3H3;5-6,9-14,16H,2-4,7-8H2,1H3,(H,24,27);2-9,11-13H,10H2,1H3;2-12H,1H3. The van der Waals surface area contributed by atoms with Gasteiger partial charge < -0.3 is 38.8 Å². The van der Waals surface area contributed by atoms with E-state index in [1.54, 1.807) is 160 Å². The van der Waals surface area contributed by atoms with Crippen LogP contribution in [0.4, 0.5) is 25.8 Å². The number of imidazole rings is 1. The van der Waals surface area contributed by atoms with Crippen molar-refractivity contribution in [3.8, 4) is 0 Å². The van der Waals surface area contributed by atoms with E-state index >= 15 is 0 Å². The van der Waals surface area contributed by atoms with Crippen molar-refractivity contribution in [3.63, 3.8) is 0 Å². The maximum Gasteiger partial charge on any atom is 0.419 e. The van der Waals surface area contributed by atoms with E-state index in [0.717, 1.165) is 114 Å². The van der Waals surface area contributed by atoms with Crippen molar-refractivity contribution in [2.45, 2.75) is 135 Å². The highest BCUT2D eigenvalue weighted by Crippen LogP contribution is 2.37. The summed E-state index contributed by atoms with van der Waals surface area (Å²) in [4.78, 5) is 158. The number of aliphatic imine (C=N–C) groups is 1. The molecule has 25 nitrogen and oxygen atoms in total. The molecule has 2 saturated heterocycles. The SMILES string of the molecule is CC(OC(=O)N1C=NC=CC1)c1ccc2c(c1)C(=O)c1ccccc1C2=O.CC(OC(=O)NC1CCCCC1)c1ccc2c(c1)C(=O)c1ccccc1C2=O.CC(OC(=O)n1ccnc1)c1ccc2c(c1)C(=O)c1ccccc1C2=O.CCC(Cc1ccc(C)cc1)(C(=O)c1ccc(N2CCOCC2)cc1)N(C)C.CCC(Cc1ccccc1)(C(=O)c1ccc(N2CCOCC2)cc1)N(C)C. The molecule has 1 N–H and O–H groups in total. The van der Waals surface area contributed by atoms with Gasteiger partial charge in [0, 0.05) is 147 Å². The Balaban J connectivity index is 0.000000136. The summed E-state index contributed by atoms with van der Waals surface area (Å²) in [6.07, 6.45) is 14.2. The first-order chi connectivity index (χ1) is 65.7. The zero-order valence-electron chi connectivity index (χ0n) is 78.6. The minimum absolute atomic E-state index is 0.152. The third-order valence-electron chi connectivity index (χ3n) is 26.4. The number of hydrogen-bond acceptors (Lipinski definition) is 22. The van der Waals surface area contributed by atoms with Crippen LogP contribution in [0.3, 0.4) is 0 Å². The van der Waals surface area contributed by atoms with Crippen molar-refractivity contribution < 1.29 is 76.4 Å². The van der Waals surface area contributed by atoms with E-state index in [4.69, 9.17) is 23.7 Å². The minimum Gasteiger partial charge on any atom is -0.442 e. The summed E-state index contributed by atoms with van der Waals surface area (Å²) in [6.45, 7) is 18.5. The third-order valence-corrected chi connectivity index (χ3v) is 26.4. The summed E-state index contributed by atoms with van der Waals surface area (Å²) in [5.41, 5.74) is 13.0. The molecule has 3 aliphatic heterocycles. The number of benzene rings is 10. The molecule has 11 aromatic rings. The van der Waals surface area contributed by atoms with Gasteiger partial charge in [-0.05, 0) is 213 Å². The number of aromatic nitrogens is 2. The van der Waals surface area contributed by atoms with Gasteiger partial charge in [-0.25, -0.2) is 28.9 Å². The van der Waals surface area contributed by atoms with Crippen LogP contribution in [0.15, 0.2) is 267 Å². The maximum atomic E-state index is 13.6. The molecule has 25 heteroatoms. The van der Waals surface area contributed by atoms with Crippen LogP contribution in [0, 0.1) is 6.92 Å². The number of Topliss-reactive ketones (excluding diaryl/α,β-unsaturated/α-hetero) is 2. The lowest BCUT2D eigenvalue weighted by atomic mass is 9.80. The Labute approximate surface area is 793 Å². The summed E-state index contributed by atoms with van der Waals surface area (Å²) in [5, 5.41) is 2.93. The summed E-state index contributed by atoms with van der Waals surface area (Å²) >= 11 is 0. The van der Waals surface area contributed by atoms with Crippen LogP contribution >= 0.6 is 0 Å². The molecule has 5 atom stereocenters. The fourth-order valence-electron chi connectivity index (χ4n) is 18.1. The normalized spacial score (nSPS) is 16.2. The van der Waals surface area contributed by atoms with E-state index in [0.29, 0.717) is 103 Å². The predicted octanol–water partition coefficient (Wildman–Crippen LogP) is 19.1. The van der Waals surface area contributed by atoms with E-state index in [1.165, 1.54) is 57.6 Å². The predicted molar refractivity (Wildman–Crippen MR) is 522 cm³/mol. The van der Waals surface area contributed by atoms with Crippen molar-refractivity contribution in [1.29, 1.82) is 0 Å². The van der Waals surface area contributed by atoms with Gasteiger partial charge in [-0.3, -0.25) is 53.1 Å². The number of carbonyl (C=O) groups excluding carboxylic acids is 11. The van der Waals surface area contributed by atoms with Crippen LogP contribution in [-0.4, -0.2) is 200 Å². The van der Waals surface area contributed by atoms with Crippen molar-refractivity contribution >= 4 is 82.3 Å². The number of aryl methyl sites for hydroxylation is 1. The molecule has 3 fully saturated rings. The Hall–Kier alpha value is -14.4. The lowest BCUT2D eigenvalue weighted by molar-refractivity contribution is 0.0661. The number of anilines is 2. The molecule has 1 saturated carbocycles. The Morgan fingerprint density at radius 3 is 1.18 bits per heavy atom. The van der Waals surface area contributed by atoms with Gasteiger partial charge in [-0.15, -0.1) is 0 Å². The minimum atomic E-state index is -0.588. The third kappa shape index (κ3) is 22.3. The first-order valence-electron chi connectivity index (χ1n) is 46.4. The van der Waals surface area contributed by atoms with Crippen molar-refractivity contribution in [1.82, 2.24) is 29.6 Å². The van der Waals surface area contributed by atoms with Crippen molar-refractivity contribution in [2.75, 3.05) is 97.1 Å². The molecular weight excluding hydrogens is 1720 g/mol. The van der Waals surface area contributed by atoms with Gasteiger partial charge in [0.1, 0.15) is 31.0 Å². The number of alkyl carbamates (subject to hydrolysis) is 1. The molecule has 136 heavy (non-hydrogen) atoms. The van der Waals surface area contributed by atoms with Gasteiger partial charge >= 0.3 is 18.3 Å². The number of morpholine rings is 2. The zero-order valence-corrected chi connectivity index (χ0v) is 78.6. The van der Waals surface area contributed by atoms with Crippen LogP contribution in [-0.2, 0) is 36.5 Å². The quantitative estimate of drug-likeness (QED) is 0.0516. The first kappa shape index (κ1) is 97.6. The van der Waals surface area contributed by atoms with Crippen LogP contribution in [0.5, 0.6) is 0 Å². The van der Waals surface area contributed by atoms with Gasteiger partial charge in [0.2, 0.25) is 0 Å². The van der Waals surface area contributed by atoms with Gasteiger partial charge in [-0.2, -0.15) is 0 Å². The molecule has 4 heterocycles. The van der Waals surface area contributed by atoms with Gasteiger partial charge in [0.25, 0.3) is 0 Å². The van der Waals surface area contributed by atoms with Gasteiger partial charge in [-0.1, -0.05) is 184 Å². The largest absolute Gasteiger partial charge is 0.442 e. The second-order valence-electron chi connectivity index (χ2n) is 35.2. The molecule has 0 spiro atoms. The smallest absolute Gasteiger partial charge is 0.419 e. The number of amides is 2. The van der Waals surface area contributed by atoms with E-state index < -0.39 is 47.7 Å². The monoisotopic (exact) mass is 1830 g/mol. The summed E-state index contributed by atoms with van der Waals surface area (Å²) in [6, 6.07) is 70.5. The highest BCUT2D eigenvalue weighted by atomic mass is 16.6. The second kappa shape index (κ2) is 44.7. The van der Waals surface area contributed by atoms with Crippen LogP contribution in [0.2, 0.25) is 0 Å². The number of carbonyl (C=O) groups is 11. The van der Waals surface area contributed by atoms with Crippen molar-refractivity contribution in [2.24, 2.45) is 4.99 Å². The molecule has 0 radical (unpaired) electrons. The highest BCUT2D eigenvalue weighted by molar-refractivity contribution is 6.30. The lowest BCUT2D eigenvalue weighted by Crippen LogP contribution is -2.52. The van der Waals surface area contributed by atoms with E-state index in [1.807, 2.05) is 70.7 Å². The fourth-order valence-corrected chi connectivity index (χ4v) is 18.1. The van der Waals surface area contributed by atoms with Crippen molar-refractivity contribution in [3.05, 3.63) is 373 Å². The molecule has 2 amide bonds. The Bertz CT molecular complexity index is 6270. The number of likely N-dealkylation sites (N-methyl/N-ethyl adjacent to an activating group) is 2. The second-order valence-corrected chi connectivity index (χ2v) is 35.2. The summed E-state index contributed by atoms with van der Waals surface area (Å²) in [7, 11) is 8.04. The fraction of sp³-hybridized carbons (Fsp3) is 0.306. The average Bonchev–Trinajstić information content (AvgIpc) is 0.778. The zero-order chi connectivity index (χ0) is 96.3. The highest BCUT2D eigenvalue weighted by Gasteiger charge is 2.42. The molecule has 10 aromatic carbocycles. The summed E-state index contributed by atoms with van der Waals surface area (Å²) in [5.74, 6) is -0.704. The Morgan fingerprint density at radius 2 is 0.809 bits per heavy atom. The number of nitrogens with one attached hydrogen (secondary N) is 1. The number of ketones is 8. The Kier molecular flexibility index (Phi) is 32.1. The van der Waals surface area contributed by atoms with Crippen LogP contribution in [0.25, 0.3) is 0 Å². The van der Waals surface area contributed by atoms with Crippen LogP contribution in [0.1, 0.15) is 248 Å². The molecule has 700 valence electrons.